The van der Waals surface area contributed by atoms with E-state index in [1.54, 1.807) is 24.3 Å². The van der Waals surface area contributed by atoms with E-state index < -0.39 is 0 Å². The lowest BCUT2D eigenvalue weighted by molar-refractivity contribution is -0.881. The van der Waals surface area contributed by atoms with Gasteiger partial charge in [-0.2, -0.15) is 0 Å². The molecule has 0 bridgehead atoms. The molecule has 6 heteroatoms. The van der Waals surface area contributed by atoms with Gasteiger partial charge in [0.2, 0.25) is 0 Å². The van der Waals surface area contributed by atoms with Crippen molar-refractivity contribution in [3.8, 4) is 0 Å². The minimum atomic E-state index is -0.281. The van der Waals surface area contributed by atoms with Gasteiger partial charge in [-0.05, 0) is 58.9 Å². The molecular weight excluding hydrogens is 306 g/mol. The molecule has 1 rings (SSSR count). The van der Waals surface area contributed by atoms with E-state index in [4.69, 9.17) is 0 Å². The van der Waals surface area contributed by atoms with Gasteiger partial charge in [0.15, 0.2) is 18.9 Å². The summed E-state index contributed by atoms with van der Waals surface area (Å²) >= 11 is 0. The van der Waals surface area contributed by atoms with Gasteiger partial charge in [0.05, 0.1) is 6.54 Å². The summed E-state index contributed by atoms with van der Waals surface area (Å²) < 4.78 is 0. The Morgan fingerprint density at radius 1 is 1.00 bits per heavy atom. The average Bonchev–Trinajstić information content (AvgIpc) is 2.44. The molecule has 0 fully saturated rings. The highest BCUT2D eigenvalue weighted by Gasteiger charge is 2.20. The van der Waals surface area contributed by atoms with Crippen molar-refractivity contribution in [2.45, 2.75) is 40.2 Å². The Kier molecular flexibility index (Phi) is 7.10. The minimum absolute atomic E-state index is 0.0145. The number of amides is 2. The molecule has 0 saturated heterocycles. The molecule has 2 amide bonds. The lowest BCUT2D eigenvalue weighted by Crippen LogP contribution is -3.14. The summed E-state index contributed by atoms with van der Waals surface area (Å²) in [7, 11) is 0. The molecule has 0 aliphatic rings. The predicted octanol–water partition coefficient (Wildman–Crippen LogP) is 0.647. The molecule has 132 valence electrons. The van der Waals surface area contributed by atoms with E-state index in [0.717, 1.165) is 4.90 Å². The van der Waals surface area contributed by atoms with Gasteiger partial charge < -0.3 is 15.5 Å². The third kappa shape index (κ3) is 7.37. The Morgan fingerprint density at radius 2 is 1.54 bits per heavy atom. The molecule has 0 aromatic heterocycles. The summed E-state index contributed by atoms with van der Waals surface area (Å²) in [5, 5.41) is 5.69. The normalized spacial score (nSPS) is 12.4. The molecule has 3 N–H and O–H groups in total. The third-order valence-corrected chi connectivity index (χ3v) is 3.41. The van der Waals surface area contributed by atoms with Crippen LogP contribution in [-0.4, -0.2) is 42.8 Å². The average molecular weight is 334 g/mol. The molecular formula is C18H28N3O3+. The van der Waals surface area contributed by atoms with E-state index in [2.05, 4.69) is 10.6 Å². The zero-order valence-corrected chi connectivity index (χ0v) is 15.2. The lowest BCUT2D eigenvalue weighted by atomic mass is 10.1. The fourth-order valence-corrected chi connectivity index (χ4v) is 2.22. The molecule has 1 aromatic carbocycles. The highest BCUT2D eigenvalue weighted by atomic mass is 16.2. The van der Waals surface area contributed by atoms with Crippen LogP contribution in [-0.2, 0) is 9.59 Å². The summed E-state index contributed by atoms with van der Waals surface area (Å²) in [4.78, 5) is 36.2. The SMILES string of the molecule is CC[NH+](CC(=O)Nc1ccc(C(C)=O)cc1)CC(=O)NC(C)(C)C. The zero-order chi connectivity index (χ0) is 18.3. The summed E-state index contributed by atoms with van der Waals surface area (Å²) in [6.07, 6.45) is 0. The monoisotopic (exact) mass is 334 g/mol. The number of rotatable bonds is 7. The second-order valence-electron chi connectivity index (χ2n) is 6.94. The number of carbonyl (C=O) groups excluding carboxylic acids is 3. The molecule has 0 heterocycles. The Labute approximate surface area is 143 Å². The van der Waals surface area contributed by atoms with Crippen molar-refractivity contribution in [1.29, 1.82) is 0 Å². The number of hydrogen-bond acceptors (Lipinski definition) is 3. The van der Waals surface area contributed by atoms with E-state index in [1.165, 1.54) is 6.92 Å². The Morgan fingerprint density at radius 3 is 2.00 bits per heavy atom. The van der Waals surface area contributed by atoms with Crippen LogP contribution in [0.2, 0.25) is 0 Å². The van der Waals surface area contributed by atoms with Gasteiger partial charge in [-0.25, -0.2) is 0 Å². The van der Waals surface area contributed by atoms with Crippen molar-refractivity contribution in [3.63, 3.8) is 0 Å². The summed E-state index contributed by atoms with van der Waals surface area (Å²) in [5.41, 5.74) is 0.962. The van der Waals surface area contributed by atoms with Gasteiger partial charge in [-0.1, -0.05) is 0 Å². The molecule has 0 aliphatic heterocycles. The summed E-state index contributed by atoms with van der Waals surface area (Å²) in [6, 6.07) is 6.76. The highest BCUT2D eigenvalue weighted by molar-refractivity contribution is 5.95. The van der Waals surface area contributed by atoms with Crippen LogP contribution < -0.4 is 15.5 Å². The number of likely N-dealkylation sites (N-methyl/N-ethyl adjacent to an activating group) is 1. The summed E-state index contributed by atoms with van der Waals surface area (Å²) in [6.45, 7) is 10.4. The number of anilines is 1. The van der Waals surface area contributed by atoms with Gasteiger partial charge in [0.1, 0.15) is 0 Å². The van der Waals surface area contributed by atoms with Crippen molar-refractivity contribution in [2.24, 2.45) is 0 Å². The first-order chi connectivity index (χ1) is 11.1. The van der Waals surface area contributed by atoms with Crippen LogP contribution >= 0.6 is 0 Å². The van der Waals surface area contributed by atoms with E-state index in [0.29, 0.717) is 17.8 Å². The quantitative estimate of drug-likeness (QED) is 0.641. The maximum atomic E-state index is 12.1. The molecule has 0 aliphatic carbocycles. The van der Waals surface area contributed by atoms with Crippen LogP contribution in [0.25, 0.3) is 0 Å². The number of hydrogen-bond donors (Lipinski definition) is 3. The predicted molar refractivity (Wildman–Crippen MR) is 94.2 cm³/mol. The second kappa shape index (κ2) is 8.59. The Bertz CT molecular complexity index is 589. The smallest absolute Gasteiger partial charge is 0.279 e. The fourth-order valence-electron chi connectivity index (χ4n) is 2.22. The van der Waals surface area contributed by atoms with Crippen molar-refractivity contribution in [3.05, 3.63) is 29.8 Å². The first kappa shape index (κ1) is 19.8. The van der Waals surface area contributed by atoms with Crippen molar-refractivity contribution < 1.29 is 19.3 Å². The summed E-state index contributed by atoms with van der Waals surface area (Å²) in [5.74, 6) is -0.247. The number of ketones is 1. The number of Topliss-reactive ketones (excluding diaryl/α,β-unsaturated/α-hetero) is 1. The molecule has 1 atom stereocenters. The third-order valence-electron chi connectivity index (χ3n) is 3.41. The van der Waals surface area contributed by atoms with Crippen LogP contribution in [0.3, 0.4) is 0 Å². The maximum absolute atomic E-state index is 12.1. The fraction of sp³-hybridized carbons (Fsp3) is 0.500. The van der Waals surface area contributed by atoms with E-state index in [1.807, 2.05) is 27.7 Å². The van der Waals surface area contributed by atoms with Crippen LogP contribution in [0, 0.1) is 0 Å². The van der Waals surface area contributed by atoms with Gasteiger partial charge in [-0.3, -0.25) is 14.4 Å². The van der Waals surface area contributed by atoms with Crippen molar-refractivity contribution in [1.82, 2.24) is 5.32 Å². The number of quaternary nitrogens is 1. The second-order valence-corrected chi connectivity index (χ2v) is 6.94. The number of benzene rings is 1. The Balaban J connectivity index is 2.55. The topological polar surface area (TPSA) is 79.7 Å². The standard InChI is InChI=1S/C18H27N3O3/c1-6-21(12-17(24)20-18(3,4)5)11-16(23)19-15-9-7-14(8-10-15)13(2)22/h7-10H,6,11-12H2,1-5H3,(H,19,23)(H,20,24)/p+1. The van der Waals surface area contributed by atoms with Gasteiger partial charge in [0, 0.05) is 16.8 Å². The Hall–Kier alpha value is -2.21. The van der Waals surface area contributed by atoms with Crippen LogP contribution in [0.5, 0.6) is 0 Å². The minimum Gasteiger partial charge on any atom is -0.347 e. The molecule has 0 radical (unpaired) electrons. The molecule has 0 saturated carbocycles. The van der Waals surface area contributed by atoms with E-state index in [9.17, 15) is 14.4 Å². The van der Waals surface area contributed by atoms with Crippen molar-refractivity contribution in [2.75, 3.05) is 25.0 Å². The van der Waals surface area contributed by atoms with E-state index >= 15 is 0 Å². The van der Waals surface area contributed by atoms with Gasteiger partial charge in [-0.15, -0.1) is 0 Å². The zero-order valence-electron chi connectivity index (χ0n) is 15.2. The lowest BCUT2D eigenvalue weighted by Gasteiger charge is -2.23. The van der Waals surface area contributed by atoms with Crippen LogP contribution in [0.15, 0.2) is 24.3 Å². The van der Waals surface area contributed by atoms with Crippen LogP contribution in [0.4, 0.5) is 5.69 Å². The van der Waals surface area contributed by atoms with E-state index in [-0.39, 0.29) is 36.2 Å². The first-order valence-electron chi connectivity index (χ1n) is 8.16. The maximum Gasteiger partial charge on any atom is 0.279 e. The molecule has 1 aromatic rings. The van der Waals surface area contributed by atoms with Crippen molar-refractivity contribution >= 4 is 23.3 Å². The van der Waals surface area contributed by atoms with Gasteiger partial charge >= 0.3 is 0 Å². The molecule has 1 unspecified atom stereocenters. The van der Waals surface area contributed by atoms with Crippen LogP contribution in [0.1, 0.15) is 45.0 Å². The molecule has 6 nitrogen and oxygen atoms in total. The first-order valence-corrected chi connectivity index (χ1v) is 8.16. The highest BCUT2D eigenvalue weighted by Crippen LogP contribution is 2.09. The molecule has 24 heavy (non-hydrogen) atoms. The number of carbonyl (C=O) groups is 3. The number of nitrogens with one attached hydrogen (secondary N) is 3. The van der Waals surface area contributed by atoms with Gasteiger partial charge in [0.25, 0.3) is 11.8 Å². The largest absolute Gasteiger partial charge is 0.347 e. The molecule has 0 spiro atoms.